The topological polar surface area (TPSA) is 298 Å². The normalized spacial score (nSPS) is 10.8. The van der Waals surface area contributed by atoms with E-state index in [2.05, 4.69) is 51.6 Å². The molecule has 0 bridgehead atoms. The van der Waals surface area contributed by atoms with Crippen LogP contribution in [0.25, 0.3) is 55.2 Å². The molecule has 33 heteroatoms. The van der Waals surface area contributed by atoms with Gasteiger partial charge in [-0.05, 0) is 80.7 Å². The first-order valence-electron chi connectivity index (χ1n) is 15.9. The van der Waals surface area contributed by atoms with E-state index >= 15 is 0 Å². The minimum absolute atomic E-state index is 0.0484. The zero-order valence-corrected chi connectivity index (χ0v) is 37.2. The summed E-state index contributed by atoms with van der Waals surface area (Å²) in [7, 11) is 0. The van der Waals surface area contributed by atoms with Gasteiger partial charge in [-0.25, -0.2) is 0 Å². The van der Waals surface area contributed by atoms with Gasteiger partial charge < -0.3 is 26.0 Å². The van der Waals surface area contributed by atoms with E-state index in [4.69, 9.17) is 137 Å². The predicted octanol–water partition coefficient (Wildman–Crippen LogP) is 9.79. The number of aromatic nitrogens is 15. The number of benzene rings is 5. The van der Waals surface area contributed by atoms with Crippen molar-refractivity contribution < 1.29 is 31.0 Å². The lowest BCUT2D eigenvalue weighted by Gasteiger charge is -1.98. The second-order valence-corrected chi connectivity index (χ2v) is 15.5. The summed E-state index contributed by atoms with van der Waals surface area (Å²) in [5.41, 5.74) is 2.97. The van der Waals surface area contributed by atoms with Crippen LogP contribution in [0.1, 0.15) is 0 Å². The van der Waals surface area contributed by atoms with E-state index in [1.165, 1.54) is 18.2 Å². The van der Waals surface area contributed by atoms with Crippen LogP contribution in [0.3, 0.4) is 0 Å². The summed E-state index contributed by atoms with van der Waals surface area (Å²) in [5.74, 6) is 0. The molecule has 0 aliphatic carbocycles. The Hall–Kier alpha value is -5.60. The number of rotatable bonds is 1. The Kier molecular flexibility index (Phi) is 14.5. The highest BCUT2D eigenvalue weighted by Gasteiger charge is 2.24. The Balaban J connectivity index is 0.000000131. The zero-order valence-electron chi connectivity index (χ0n) is 29.7. The third-order valence-corrected chi connectivity index (χ3v) is 10.9. The van der Waals surface area contributed by atoms with Crippen LogP contribution in [0, 0.1) is 10.1 Å². The zero-order chi connectivity index (χ0) is 46.0. The lowest BCUT2D eigenvalue weighted by Crippen LogP contribution is -1.96. The second kappa shape index (κ2) is 19.4. The Morgan fingerprint density at radius 2 is 0.937 bits per heavy atom. The minimum atomic E-state index is -0.739. The molecule has 0 saturated carbocycles. The highest BCUT2D eigenvalue weighted by molar-refractivity contribution is 6.45. The number of nitro benzene ring substituents is 1. The molecule has 0 amide bonds. The fourth-order valence-corrected chi connectivity index (χ4v) is 7.13. The van der Waals surface area contributed by atoms with Crippen molar-refractivity contribution in [3.63, 3.8) is 0 Å². The Bertz CT molecular complexity index is 3340. The number of nitro groups is 1. The van der Waals surface area contributed by atoms with Crippen molar-refractivity contribution in [3.8, 4) is 0 Å². The van der Waals surface area contributed by atoms with Crippen LogP contribution >= 0.6 is 116 Å². The molecule has 0 aliphatic heterocycles. The molecule has 5 N–H and O–H groups in total. The maximum atomic E-state index is 10.6. The molecule has 0 unspecified atom stereocenters. The van der Waals surface area contributed by atoms with E-state index in [-0.39, 0.29) is 21.1 Å². The van der Waals surface area contributed by atoms with Crippen LogP contribution in [-0.4, -0.2) is 107 Å². The van der Waals surface area contributed by atoms with Crippen molar-refractivity contribution >= 4 is 177 Å². The van der Waals surface area contributed by atoms with Crippen LogP contribution in [0.4, 0.5) is 5.69 Å². The van der Waals surface area contributed by atoms with Crippen LogP contribution in [0.15, 0.2) is 54.6 Å². The molecule has 63 heavy (non-hydrogen) atoms. The smallest absolute Gasteiger partial charge is 0.308 e. The Labute approximate surface area is 395 Å². The third kappa shape index (κ3) is 9.97. The summed E-state index contributed by atoms with van der Waals surface area (Å²) in [6.45, 7) is 0. The molecule has 23 nitrogen and oxygen atoms in total. The summed E-state index contributed by atoms with van der Waals surface area (Å²) < 4.78 is 0. The van der Waals surface area contributed by atoms with Crippen molar-refractivity contribution in [2.45, 2.75) is 0 Å². The average molecular weight is 1070 g/mol. The van der Waals surface area contributed by atoms with E-state index < -0.39 is 10.6 Å². The number of fused-ring (bicyclic) bond motifs is 5. The van der Waals surface area contributed by atoms with Gasteiger partial charge in [0.15, 0.2) is 16.1 Å². The molecule has 0 fully saturated rings. The van der Waals surface area contributed by atoms with Crippen molar-refractivity contribution in [3.05, 3.63) is 115 Å². The van der Waals surface area contributed by atoms with Gasteiger partial charge in [0, 0.05) is 5.02 Å². The molecule has 0 spiro atoms. The molecule has 326 valence electrons. The molecule has 0 radical (unpaired) electrons. The minimum Gasteiger partial charge on any atom is -0.410 e. The lowest BCUT2D eigenvalue weighted by atomic mass is 10.3. The second-order valence-electron chi connectivity index (χ2n) is 11.5. The van der Waals surface area contributed by atoms with Crippen molar-refractivity contribution in [1.29, 1.82) is 0 Å². The van der Waals surface area contributed by atoms with E-state index in [9.17, 15) is 15.3 Å². The fraction of sp³-hybridized carbons (Fsp3) is 0. The van der Waals surface area contributed by atoms with Crippen LogP contribution in [0.2, 0.25) is 50.2 Å². The first kappa shape index (κ1) is 46.9. The summed E-state index contributed by atoms with van der Waals surface area (Å²) in [4.78, 5) is 12.8. The van der Waals surface area contributed by atoms with E-state index in [0.717, 1.165) is 0 Å². The lowest BCUT2D eigenvalue weighted by molar-refractivity contribution is -0.384. The number of halogens is 10. The molecule has 0 saturated heterocycles. The Morgan fingerprint density at radius 3 is 1.62 bits per heavy atom. The van der Waals surface area contributed by atoms with Gasteiger partial charge in [-0.15, -0.1) is 25.5 Å². The third-order valence-electron chi connectivity index (χ3n) is 7.67. The van der Waals surface area contributed by atoms with Crippen molar-refractivity contribution in [1.82, 2.24) is 75.8 Å². The summed E-state index contributed by atoms with van der Waals surface area (Å²) in [6, 6.07) is 13.6. The first-order chi connectivity index (χ1) is 29.8. The van der Waals surface area contributed by atoms with Gasteiger partial charge in [-0.3, -0.25) is 10.1 Å². The monoisotopic (exact) mass is 1060 g/mol. The molecule has 5 aromatic carbocycles. The number of hydrogen-bond acceptors (Lipinski definition) is 17. The molecule has 5 aromatic heterocycles. The largest absolute Gasteiger partial charge is 0.410 e. The van der Waals surface area contributed by atoms with Gasteiger partial charge in [-0.2, -0.15) is 0 Å². The maximum Gasteiger partial charge on any atom is 0.308 e. The van der Waals surface area contributed by atoms with Gasteiger partial charge in [0.1, 0.15) is 49.2 Å². The van der Waals surface area contributed by atoms with Gasteiger partial charge in [-0.1, -0.05) is 140 Å². The molecular weight excluding hydrogens is 1050 g/mol. The molecular formula is C30H14Cl10N16O7. The molecule has 10 aromatic rings. The average Bonchev–Trinajstić information content (AvgIpc) is 4.06. The molecule has 5 heterocycles. The van der Waals surface area contributed by atoms with Crippen LogP contribution < -0.4 is 0 Å². The van der Waals surface area contributed by atoms with Crippen LogP contribution in [-0.2, 0) is 0 Å². The first-order valence-corrected chi connectivity index (χ1v) is 19.7. The van der Waals surface area contributed by atoms with Gasteiger partial charge in [0.05, 0.1) is 40.1 Å². The van der Waals surface area contributed by atoms with E-state index in [0.29, 0.717) is 109 Å². The summed E-state index contributed by atoms with van der Waals surface area (Å²) in [5, 5.41) is 93.5. The van der Waals surface area contributed by atoms with E-state index in [1.54, 1.807) is 36.4 Å². The predicted molar refractivity (Wildman–Crippen MR) is 230 cm³/mol. The highest BCUT2D eigenvalue weighted by atomic mass is 35.5. The summed E-state index contributed by atoms with van der Waals surface area (Å²) >= 11 is 57.2. The number of hydrogen-bond donors (Lipinski definition) is 5. The SMILES string of the molecule is O=[N+]([O-])c1c(Cl)cc2nnn(O)c2c1Cl.On1nnc2c(Cl)c(Cl)ccc21.On1nnc2c(Cl)cc(Cl)cc21.On1nnc2c(Cl)ccc(Cl)c21.On1nnc2cc(Cl)c(Cl)cc21. The molecule has 10 rings (SSSR count). The van der Waals surface area contributed by atoms with Gasteiger partial charge in [0.25, 0.3) is 0 Å². The molecule has 0 atom stereocenters. The maximum absolute atomic E-state index is 10.6. The number of nitrogens with zero attached hydrogens (tertiary/aromatic N) is 16. The van der Waals surface area contributed by atoms with Crippen molar-refractivity contribution in [2.24, 2.45) is 0 Å². The Morgan fingerprint density at radius 1 is 0.429 bits per heavy atom. The van der Waals surface area contributed by atoms with Crippen LogP contribution in [0.5, 0.6) is 0 Å². The standard InChI is InChI=1S/C6H2Cl2N4O3.4C6H3Cl2N3O/c7-2-1-3-6(11(13)10-9-3)4(8)5(2)12(14)15;7-3-1-5-6(2-4(3)8)11(12)10-9-5;7-3-1-4(8)6-5(2-3)11(12)10-9-6;7-3-1-2-4-6(5(3)8)9-10-11(4)12;7-3-1-2-4(8)6-5(3)9-10-11(6)12/h1,13H;4*1-2,12H. The van der Waals surface area contributed by atoms with Crippen molar-refractivity contribution in [2.75, 3.05) is 0 Å². The van der Waals surface area contributed by atoms with Gasteiger partial charge >= 0.3 is 5.69 Å². The highest BCUT2D eigenvalue weighted by Crippen LogP contribution is 2.38. The van der Waals surface area contributed by atoms with E-state index in [1.807, 2.05) is 0 Å². The quantitative estimate of drug-likeness (QED) is 0.0580. The van der Waals surface area contributed by atoms with Gasteiger partial charge in [0.2, 0.25) is 0 Å². The summed E-state index contributed by atoms with van der Waals surface area (Å²) in [6.07, 6.45) is 0. The molecule has 0 aliphatic rings. The fourth-order valence-electron chi connectivity index (χ4n) is 4.87.